The SMILES string of the molecule is C=CC(=O)Nc1cc(-c2c(-c3ccc(N4CCN(C)CC4)cc3)[nH]c3ncc(NC=O)cc23)ccc1C. The van der Waals surface area contributed by atoms with Crippen LogP contribution < -0.4 is 15.5 Å². The minimum absolute atomic E-state index is 0.266. The Bertz CT molecular complexity index is 1470. The molecule has 0 spiro atoms. The molecule has 1 aliphatic heterocycles. The van der Waals surface area contributed by atoms with Gasteiger partial charge in [-0.15, -0.1) is 0 Å². The fraction of sp³-hybridized carbons (Fsp3) is 0.207. The van der Waals surface area contributed by atoms with Gasteiger partial charge in [-0.05, 0) is 61.0 Å². The second-order valence-corrected chi connectivity index (χ2v) is 9.32. The molecule has 2 amide bonds. The molecule has 0 bridgehead atoms. The van der Waals surface area contributed by atoms with E-state index in [0.29, 0.717) is 23.4 Å². The molecule has 1 aliphatic rings. The van der Waals surface area contributed by atoms with Crippen molar-refractivity contribution in [1.29, 1.82) is 0 Å². The summed E-state index contributed by atoms with van der Waals surface area (Å²) in [5.41, 5.74) is 7.97. The molecule has 0 radical (unpaired) electrons. The lowest BCUT2D eigenvalue weighted by atomic mass is 9.97. The van der Waals surface area contributed by atoms with Crippen molar-refractivity contribution in [2.75, 3.05) is 48.8 Å². The van der Waals surface area contributed by atoms with Gasteiger partial charge in [0.2, 0.25) is 12.3 Å². The summed E-state index contributed by atoms with van der Waals surface area (Å²) in [7, 11) is 2.15. The second-order valence-electron chi connectivity index (χ2n) is 9.32. The standard InChI is InChI=1S/C29H30N6O2/c1-4-26(37)32-25-15-21(6-5-19(25)2)27-24-16-22(31-18-36)17-30-29(24)33-28(27)20-7-9-23(10-8-20)35-13-11-34(3)12-14-35/h4-10,15-18H,1,11-14H2,2-3H3,(H,30,33)(H,31,36)(H,32,37). The van der Waals surface area contributed by atoms with Gasteiger partial charge in [-0.1, -0.05) is 30.8 Å². The molecule has 188 valence electrons. The highest BCUT2D eigenvalue weighted by Crippen LogP contribution is 2.40. The number of H-pyrrole nitrogens is 1. The van der Waals surface area contributed by atoms with E-state index in [9.17, 15) is 9.59 Å². The fourth-order valence-electron chi connectivity index (χ4n) is 4.73. The van der Waals surface area contributed by atoms with Gasteiger partial charge in [-0.2, -0.15) is 0 Å². The van der Waals surface area contributed by atoms with Crippen LogP contribution in [0.4, 0.5) is 17.1 Å². The number of hydrogen-bond acceptors (Lipinski definition) is 5. The number of carbonyl (C=O) groups excluding carboxylic acids is 2. The van der Waals surface area contributed by atoms with Crippen molar-refractivity contribution in [2.45, 2.75) is 6.92 Å². The molecular formula is C29H30N6O2. The summed E-state index contributed by atoms with van der Waals surface area (Å²) >= 11 is 0. The smallest absolute Gasteiger partial charge is 0.247 e. The highest BCUT2D eigenvalue weighted by atomic mass is 16.1. The maximum Gasteiger partial charge on any atom is 0.247 e. The average Bonchev–Trinajstić information content (AvgIpc) is 3.29. The van der Waals surface area contributed by atoms with Crippen LogP contribution in [0.2, 0.25) is 0 Å². The van der Waals surface area contributed by atoms with E-state index in [0.717, 1.165) is 59.5 Å². The third-order valence-corrected chi connectivity index (χ3v) is 6.87. The van der Waals surface area contributed by atoms with Crippen molar-refractivity contribution in [2.24, 2.45) is 0 Å². The monoisotopic (exact) mass is 494 g/mol. The van der Waals surface area contributed by atoms with Crippen LogP contribution >= 0.6 is 0 Å². The van der Waals surface area contributed by atoms with Crippen molar-refractivity contribution in [3.05, 3.63) is 72.9 Å². The number of amides is 2. The first-order valence-corrected chi connectivity index (χ1v) is 12.3. The van der Waals surface area contributed by atoms with E-state index in [1.807, 2.05) is 31.2 Å². The largest absolute Gasteiger partial charge is 0.369 e. The van der Waals surface area contributed by atoms with Gasteiger partial charge in [0, 0.05) is 48.5 Å². The summed E-state index contributed by atoms with van der Waals surface area (Å²) in [5, 5.41) is 6.46. The van der Waals surface area contributed by atoms with E-state index in [2.05, 4.69) is 68.3 Å². The molecule has 1 fully saturated rings. The molecule has 2 aromatic heterocycles. The molecular weight excluding hydrogens is 464 g/mol. The van der Waals surface area contributed by atoms with Crippen LogP contribution in [0.5, 0.6) is 0 Å². The van der Waals surface area contributed by atoms with E-state index in [1.165, 1.54) is 11.8 Å². The molecule has 0 saturated carbocycles. The average molecular weight is 495 g/mol. The topological polar surface area (TPSA) is 93.4 Å². The predicted octanol–water partition coefficient (Wildman–Crippen LogP) is 4.65. The molecule has 8 heteroatoms. The fourth-order valence-corrected chi connectivity index (χ4v) is 4.73. The number of fused-ring (bicyclic) bond motifs is 1. The lowest BCUT2D eigenvalue weighted by molar-refractivity contribution is -0.112. The zero-order valence-corrected chi connectivity index (χ0v) is 21.0. The van der Waals surface area contributed by atoms with Crippen molar-refractivity contribution < 1.29 is 9.59 Å². The van der Waals surface area contributed by atoms with Crippen LogP contribution in [0, 0.1) is 6.92 Å². The molecule has 1 saturated heterocycles. The van der Waals surface area contributed by atoms with Crippen LogP contribution in [-0.2, 0) is 9.59 Å². The Morgan fingerprint density at radius 1 is 1.05 bits per heavy atom. The van der Waals surface area contributed by atoms with E-state index < -0.39 is 0 Å². The Balaban J connectivity index is 1.61. The summed E-state index contributed by atoms with van der Waals surface area (Å²) in [6.07, 6.45) is 3.52. The minimum atomic E-state index is -0.266. The van der Waals surface area contributed by atoms with Crippen LogP contribution in [0.15, 0.2) is 67.4 Å². The number of hydrogen-bond donors (Lipinski definition) is 3. The first-order valence-electron chi connectivity index (χ1n) is 12.3. The highest BCUT2D eigenvalue weighted by Gasteiger charge is 2.19. The quantitative estimate of drug-likeness (QED) is 0.257. The molecule has 3 heterocycles. The number of anilines is 3. The number of nitrogens with zero attached hydrogens (tertiary/aromatic N) is 3. The molecule has 37 heavy (non-hydrogen) atoms. The zero-order chi connectivity index (χ0) is 25.9. The van der Waals surface area contributed by atoms with Gasteiger partial charge in [0.1, 0.15) is 5.65 Å². The van der Waals surface area contributed by atoms with Crippen LogP contribution in [0.3, 0.4) is 0 Å². The number of aromatic nitrogens is 2. The van der Waals surface area contributed by atoms with Gasteiger partial charge in [-0.25, -0.2) is 4.98 Å². The lowest BCUT2D eigenvalue weighted by Gasteiger charge is -2.34. The third-order valence-electron chi connectivity index (χ3n) is 6.87. The van der Waals surface area contributed by atoms with Crippen molar-refractivity contribution >= 4 is 40.4 Å². The number of piperazine rings is 1. The van der Waals surface area contributed by atoms with E-state index in [-0.39, 0.29) is 5.91 Å². The van der Waals surface area contributed by atoms with Crippen LogP contribution in [0.1, 0.15) is 5.56 Å². The zero-order valence-electron chi connectivity index (χ0n) is 21.0. The normalized spacial score (nSPS) is 13.9. The van der Waals surface area contributed by atoms with E-state index in [1.54, 1.807) is 6.20 Å². The number of carbonyl (C=O) groups is 2. The number of aryl methyl sites for hydroxylation is 1. The van der Waals surface area contributed by atoms with Gasteiger partial charge in [0.15, 0.2) is 0 Å². The number of rotatable bonds is 7. The van der Waals surface area contributed by atoms with Gasteiger partial charge >= 0.3 is 0 Å². The molecule has 4 aromatic rings. The number of benzene rings is 2. The van der Waals surface area contributed by atoms with Crippen molar-refractivity contribution in [1.82, 2.24) is 14.9 Å². The van der Waals surface area contributed by atoms with Gasteiger partial charge in [0.05, 0.1) is 17.6 Å². The Hall–Kier alpha value is -4.43. The van der Waals surface area contributed by atoms with Gasteiger partial charge in [-0.3, -0.25) is 9.59 Å². The van der Waals surface area contributed by atoms with E-state index >= 15 is 0 Å². The molecule has 0 aliphatic carbocycles. The summed E-state index contributed by atoms with van der Waals surface area (Å²) in [6, 6.07) is 16.5. The second kappa shape index (κ2) is 10.3. The molecule has 0 unspecified atom stereocenters. The molecule has 2 aromatic carbocycles. The Morgan fingerprint density at radius 3 is 2.49 bits per heavy atom. The summed E-state index contributed by atoms with van der Waals surface area (Å²) in [5.74, 6) is -0.266. The maximum atomic E-state index is 12.0. The Kier molecular flexibility index (Phi) is 6.74. The van der Waals surface area contributed by atoms with Crippen molar-refractivity contribution in [3.63, 3.8) is 0 Å². The Morgan fingerprint density at radius 2 is 1.78 bits per heavy atom. The number of nitrogens with one attached hydrogen (secondary N) is 3. The molecule has 3 N–H and O–H groups in total. The van der Waals surface area contributed by atoms with Crippen molar-refractivity contribution in [3.8, 4) is 22.4 Å². The molecule has 5 rings (SSSR count). The number of pyridine rings is 1. The van der Waals surface area contributed by atoms with E-state index in [4.69, 9.17) is 0 Å². The summed E-state index contributed by atoms with van der Waals surface area (Å²) < 4.78 is 0. The first-order chi connectivity index (χ1) is 18.0. The number of likely N-dealkylation sites (N-methyl/N-ethyl adjacent to an activating group) is 1. The van der Waals surface area contributed by atoms with Gasteiger partial charge in [0.25, 0.3) is 0 Å². The van der Waals surface area contributed by atoms with Gasteiger partial charge < -0.3 is 25.4 Å². The summed E-state index contributed by atoms with van der Waals surface area (Å²) in [4.78, 5) is 35.9. The molecule has 0 atom stereocenters. The highest BCUT2D eigenvalue weighted by molar-refractivity contribution is 6.05. The first kappa shape index (κ1) is 24.3. The minimum Gasteiger partial charge on any atom is -0.369 e. The maximum absolute atomic E-state index is 12.0. The molecule has 8 nitrogen and oxygen atoms in total. The third kappa shape index (κ3) is 4.96. The predicted molar refractivity (Wildman–Crippen MR) is 150 cm³/mol. The summed E-state index contributed by atoms with van der Waals surface area (Å²) in [6.45, 7) is 9.62. The number of aromatic amines is 1. The lowest BCUT2D eigenvalue weighted by Crippen LogP contribution is -2.44. The van der Waals surface area contributed by atoms with Crippen LogP contribution in [0.25, 0.3) is 33.4 Å². The van der Waals surface area contributed by atoms with Crippen LogP contribution in [-0.4, -0.2) is 60.4 Å². The Labute approximate surface area is 216 Å².